The molecule has 2 atom stereocenters. The van der Waals surface area contributed by atoms with Gasteiger partial charge in [-0.2, -0.15) is 0 Å². The van der Waals surface area contributed by atoms with E-state index in [1.165, 1.54) is 21.5 Å². The third kappa shape index (κ3) is 3.16. The second-order valence-electron chi connectivity index (χ2n) is 6.11. The highest BCUT2D eigenvalue weighted by Gasteiger charge is 2.35. The zero-order chi connectivity index (χ0) is 13.3. The molecule has 2 rings (SSSR count). The fourth-order valence-electron chi connectivity index (χ4n) is 2.79. The van der Waals surface area contributed by atoms with Gasteiger partial charge in [0.2, 0.25) is 0 Å². The molecule has 0 spiro atoms. The Labute approximate surface area is 123 Å². The predicted molar refractivity (Wildman–Crippen MR) is 83.0 cm³/mol. The third-order valence-electron chi connectivity index (χ3n) is 3.67. The van der Waals surface area contributed by atoms with Gasteiger partial charge in [0.1, 0.15) is 0 Å². The maximum absolute atomic E-state index is 6.46. The highest BCUT2D eigenvalue weighted by atomic mass is 79.9. The molecule has 2 N–H and O–H groups in total. The molecule has 2 unspecified atom stereocenters. The van der Waals surface area contributed by atoms with E-state index in [2.05, 4.69) is 53.7 Å². The average molecular weight is 331 g/mol. The number of thiophene rings is 1. The summed E-state index contributed by atoms with van der Waals surface area (Å²) < 4.78 is 1.20. The molecule has 102 valence electrons. The van der Waals surface area contributed by atoms with Crippen molar-refractivity contribution in [2.24, 2.45) is 5.73 Å². The number of halogens is 1. The zero-order valence-corrected chi connectivity index (χ0v) is 13.9. The van der Waals surface area contributed by atoms with E-state index in [-0.39, 0.29) is 11.6 Å². The summed E-state index contributed by atoms with van der Waals surface area (Å²) in [5.74, 6) is 0. The summed E-state index contributed by atoms with van der Waals surface area (Å²) in [6, 6.07) is 4.97. The van der Waals surface area contributed by atoms with E-state index < -0.39 is 0 Å². The Morgan fingerprint density at radius 2 is 2.06 bits per heavy atom. The van der Waals surface area contributed by atoms with Crippen molar-refractivity contribution in [3.8, 4) is 0 Å². The quantitative estimate of drug-likeness (QED) is 0.837. The first kappa shape index (κ1) is 14.5. The van der Waals surface area contributed by atoms with E-state index in [9.17, 15) is 0 Å². The van der Waals surface area contributed by atoms with Crippen molar-refractivity contribution in [3.63, 3.8) is 0 Å². The number of nitrogens with zero attached hydrogens (tertiary/aromatic N) is 1. The van der Waals surface area contributed by atoms with Crippen LogP contribution in [0.2, 0.25) is 0 Å². The summed E-state index contributed by atoms with van der Waals surface area (Å²) in [5.41, 5.74) is 6.63. The lowest BCUT2D eigenvalue weighted by atomic mass is 9.97. The van der Waals surface area contributed by atoms with E-state index in [1.807, 2.05) is 11.3 Å². The van der Waals surface area contributed by atoms with Gasteiger partial charge in [-0.1, -0.05) is 6.42 Å². The van der Waals surface area contributed by atoms with Gasteiger partial charge >= 0.3 is 0 Å². The monoisotopic (exact) mass is 330 g/mol. The Morgan fingerprint density at radius 3 is 2.61 bits per heavy atom. The zero-order valence-electron chi connectivity index (χ0n) is 11.4. The maximum atomic E-state index is 6.46. The smallest absolute Gasteiger partial charge is 0.0702 e. The highest BCUT2D eigenvalue weighted by Crippen LogP contribution is 2.38. The summed E-state index contributed by atoms with van der Waals surface area (Å²) in [6.45, 7) is 8.03. The van der Waals surface area contributed by atoms with Crippen molar-refractivity contribution in [1.82, 2.24) is 4.90 Å². The van der Waals surface area contributed by atoms with Gasteiger partial charge in [0.25, 0.3) is 0 Å². The molecule has 1 aliphatic heterocycles. The van der Waals surface area contributed by atoms with Crippen LogP contribution >= 0.6 is 27.3 Å². The Morgan fingerprint density at radius 1 is 1.33 bits per heavy atom. The van der Waals surface area contributed by atoms with Crippen molar-refractivity contribution in [3.05, 3.63) is 20.8 Å². The summed E-state index contributed by atoms with van der Waals surface area (Å²) in [5, 5.41) is 0. The fourth-order valence-corrected chi connectivity index (χ4v) is 4.41. The topological polar surface area (TPSA) is 29.3 Å². The van der Waals surface area contributed by atoms with Gasteiger partial charge in [0.15, 0.2) is 0 Å². The molecule has 1 saturated heterocycles. The lowest BCUT2D eigenvalue weighted by molar-refractivity contribution is 0.0774. The molecule has 18 heavy (non-hydrogen) atoms. The van der Waals surface area contributed by atoms with Crippen LogP contribution in [0.5, 0.6) is 0 Å². The van der Waals surface area contributed by atoms with Crippen LogP contribution in [0.15, 0.2) is 15.9 Å². The standard InChI is InChI=1S/C14H23BrN2S/c1-14(2,3)17-9-5-4-6-10(16)13(17)11-7-8-12(15)18-11/h7-8,10,13H,4-6,9,16H2,1-3H3. The van der Waals surface area contributed by atoms with Crippen molar-refractivity contribution in [2.75, 3.05) is 6.54 Å². The highest BCUT2D eigenvalue weighted by molar-refractivity contribution is 9.11. The van der Waals surface area contributed by atoms with Gasteiger partial charge < -0.3 is 5.73 Å². The number of hydrogen-bond acceptors (Lipinski definition) is 3. The van der Waals surface area contributed by atoms with Crippen LogP contribution in [0.1, 0.15) is 51.0 Å². The molecule has 0 radical (unpaired) electrons. The number of hydrogen-bond donors (Lipinski definition) is 1. The molecule has 0 saturated carbocycles. The minimum atomic E-state index is 0.170. The van der Waals surface area contributed by atoms with Gasteiger partial charge in [-0.15, -0.1) is 11.3 Å². The molecule has 1 aliphatic rings. The largest absolute Gasteiger partial charge is 0.326 e. The molecule has 0 amide bonds. The van der Waals surface area contributed by atoms with Crippen LogP contribution in [0, 0.1) is 0 Å². The minimum Gasteiger partial charge on any atom is -0.326 e. The molecule has 2 nitrogen and oxygen atoms in total. The molecule has 0 aromatic carbocycles. The van der Waals surface area contributed by atoms with Crippen LogP contribution in [-0.4, -0.2) is 23.0 Å². The molecule has 1 aromatic heterocycles. The van der Waals surface area contributed by atoms with Crippen LogP contribution in [0.3, 0.4) is 0 Å². The summed E-state index contributed by atoms with van der Waals surface area (Å²) >= 11 is 5.39. The van der Waals surface area contributed by atoms with Crippen molar-refractivity contribution < 1.29 is 0 Å². The van der Waals surface area contributed by atoms with Crippen LogP contribution in [0.4, 0.5) is 0 Å². The van der Waals surface area contributed by atoms with Gasteiger partial charge in [0.05, 0.1) is 9.83 Å². The molecular formula is C14H23BrN2S. The molecular weight excluding hydrogens is 308 g/mol. The second kappa shape index (κ2) is 5.61. The summed E-state index contributed by atoms with van der Waals surface area (Å²) in [6.07, 6.45) is 3.64. The predicted octanol–water partition coefficient (Wildman–Crippen LogP) is 4.16. The molecule has 1 aromatic rings. The maximum Gasteiger partial charge on any atom is 0.0702 e. The van der Waals surface area contributed by atoms with E-state index in [0.29, 0.717) is 6.04 Å². The number of likely N-dealkylation sites (tertiary alicyclic amines) is 1. The molecule has 2 heterocycles. The molecule has 4 heteroatoms. The SMILES string of the molecule is CC(C)(C)N1CCCCC(N)C1c1ccc(Br)s1. The Kier molecular flexibility index (Phi) is 4.52. The summed E-state index contributed by atoms with van der Waals surface area (Å²) in [7, 11) is 0. The lowest BCUT2D eigenvalue weighted by Gasteiger charge is -2.42. The van der Waals surface area contributed by atoms with Crippen molar-refractivity contribution in [1.29, 1.82) is 0 Å². The lowest BCUT2D eigenvalue weighted by Crippen LogP contribution is -2.48. The second-order valence-corrected chi connectivity index (χ2v) is 8.61. The van der Waals surface area contributed by atoms with E-state index in [0.717, 1.165) is 13.0 Å². The van der Waals surface area contributed by atoms with Gasteiger partial charge in [-0.3, -0.25) is 4.90 Å². The Balaban J connectivity index is 2.35. The van der Waals surface area contributed by atoms with Crippen LogP contribution < -0.4 is 5.73 Å². The first-order valence-corrected chi connectivity index (χ1v) is 8.28. The average Bonchev–Trinajstić information content (AvgIpc) is 2.56. The van der Waals surface area contributed by atoms with Crippen LogP contribution in [-0.2, 0) is 0 Å². The molecule has 0 bridgehead atoms. The fraction of sp³-hybridized carbons (Fsp3) is 0.714. The van der Waals surface area contributed by atoms with E-state index >= 15 is 0 Å². The number of nitrogens with two attached hydrogens (primary N) is 1. The minimum absolute atomic E-state index is 0.170. The first-order valence-electron chi connectivity index (χ1n) is 6.67. The van der Waals surface area contributed by atoms with Crippen molar-refractivity contribution >= 4 is 27.3 Å². The summed E-state index contributed by atoms with van der Waals surface area (Å²) in [4.78, 5) is 3.98. The normalized spacial score (nSPS) is 27.2. The van der Waals surface area contributed by atoms with Crippen molar-refractivity contribution in [2.45, 2.75) is 57.7 Å². The Hall–Kier alpha value is 0.1000. The first-order chi connectivity index (χ1) is 8.39. The number of rotatable bonds is 1. The van der Waals surface area contributed by atoms with Gasteiger partial charge in [-0.25, -0.2) is 0 Å². The Bertz CT molecular complexity index is 397. The van der Waals surface area contributed by atoms with Gasteiger partial charge in [-0.05, 0) is 68.2 Å². The van der Waals surface area contributed by atoms with E-state index in [1.54, 1.807) is 0 Å². The van der Waals surface area contributed by atoms with E-state index in [4.69, 9.17) is 5.73 Å². The third-order valence-corrected chi connectivity index (χ3v) is 5.37. The molecule has 0 aliphatic carbocycles. The molecule has 1 fully saturated rings. The van der Waals surface area contributed by atoms with Crippen LogP contribution in [0.25, 0.3) is 0 Å². The van der Waals surface area contributed by atoms with Gasteiger partial charge in [0, 0.05) is 16.5 Å².